The van der Waals surface area contributed by atoms with Gasteiger partial charge in [0.15, 0.2) is 5.76 Å². The van der Waals surface area contributed by atoms with Crippen molar-refractivity contribution in [3.05, 3.63) is 53.2 Å². The minimum absolute atomic E-state index is 0.119. The highest BCUT2D eigenvalue weighted by Gasteiger charge is 2.15. The Morgan fingerprint density at radius 3 is 2.78 bits per heavy atom. The maximum Gasteiger partial charge on any atom is 0.210 e. The van der Waals surface area contributed by atoms with Crippen LogP contribution in [-0.2, 0) is 10.8 Å². The number of carbonyl (C=O) groups is 1. The summed E-state index contributed by atoms with van der Waals surface area (Å²) in [4.78, 5) is 12.0. The third kappa shape index (κ3) is 2.86. The van der Waals surface area contributed by atoms with Crippen LogP contribution in [0.25, 0.3) is 0 Å². The average Bonchev–Trinajstić information content (AvgIpc) is 2.86. The molecule has 2 rings (SSSR count). The Kier molecular flexibility index (Phi) is 3.93. The minimum Gasteiger partial charge on any atom is -0.461 e. The van der Waals surface area contributed by atoms with E-state index in [0.29, 0.717) is 4.90 Å². The maximum atomic E-state index is 12.9. The number of rotatable bonds is 4. The Labute approximate surface area is 110 Å². The summed E-state index contributed by atoms with van der Waals surface area (Å²) in [6.45, 7) is 0. The highest BCUT2D eigenvalue weighted by Crippen LogP contribution is 2.19. The van der Waals surface area contributed by atoms with Crippen molar-refractivity contribution in [2.24, 2.45) is 0 Å². The summed E-state index contributed by atoms with van der Waals surface area (Å²) in [5.41, 5.74) is 0. The molecule has 1 aromatic heterocycles. The van der Waals surface area contributed by atoms with E-state index in [1.807, 2.05) is 0 Å². The molecule has 0 spiro atoms. The molecule has 0 amide bonds. The van der Waals surface area contributed by atoms with Crippen molar-refractivity contribution < 1.29 is 17.8 Å². The fourth-order valence-electron chi connectivity index (χ4n) is 1.33. The molecule has 0 saturated heterocycles. The Balaban J connectivity index is 2.12. The van der Waals surface area contributed by atoms with Gasteiger partial charge < -0.3 is 4.42 Å². The van der Waals surface area contributed by atoms with Crippen molar-refractivity contribution >= 4 is 28.2 Å². The Hall–Kier alpha value is -1.46. The first kappa shape index (κ1) is 13.0. The summed E-state index contributed by atoms with van der Waals surface area (Å²) in [5.74, 6) is -1.04. The largest absolute Gasteiger partial charge is 0.461 e. The molecule has 1 atom stereocenters. The zero-order valence-electron chi connectivity index (χ0n) is 9.06. The van der Waals surface area contributed by atoms with E-state index >= 15 is 0 Å². The number of Topliss-reactive ketones (excluding diaryl/α,β-unsaturated/α-hetero) is 1. The molecule has 1 heterocycles. The first-order chi connectivity index (χ1) is 8.58. The molecule has 94 valence electrons. The highest BCUT2D eigenvalue weighted by molar-refractivity contribution is 7.85. The minimum atomic E-state index is -1.58. The van der Waals surface area contributed by atoms with Gasteiger partial charge in [0, 0.05) is 4.90 Å². The van der Waals surface area contributed by atoms with E-state index in [1.165, 1.54) is 24.5 Å². The first-order valence-corrected chi connectivity index (χ1v) is 6.68. The van der Waals surface area contributed by atoms with Gasteiger partial charge in [0.2, 0.25) is 5.78 Å². The van der Waals surface area contributed by atoms with Crippen molar-refractivity contribution in [2.75, 3.05) is 5.75 Å². The third-order valence-corrected chi connectivity index (χ3v) is 3.81. The number of carbonyl (C=O) groups excluding carboxylic acids is 1. The van der Waals surface area contributed by atoms with Crippen LogP contribution in [0.4, 0.5) is 4.39 Å². The maximum absolute atomic E-state index is 12.9. The monoisotopic (exact) mass is 286 g/mol. The molecule has 2 aromatic rings. The lowest BCUT2D eigenvalue weighted by Gasteiger charge is -2.02. The molecule has 0 saturated carbocycles. The van der Waals surface area contributed by atoms with Gasteiger partial charge in [-0.25, -0.2) is 4.39 Å². The standard InChI is InChI=1S/C12H8ClFO3S/c13-9-6-8(3-4-10(9)14)18(16)7-11(15)12-2-1-5-17-12/h1-6H,7H2. The quantitative estimate of drug-likeness (QED) is 0.812. The van der Waals surface area contributed by atoms with E-state index in [9.17, 15) is 13.4 Å². The summed E-state index contributed by atoms with van der Waals surface area (Å²) in [7, 11) is -1.58. The normalized spacial score (nSPS) is 12.3. The van der Waals surface area contributed by atoms with Crippen LogP contribution >= 0.6 is 11.6 Å². The van der Waals surface area contributed by atoms with Crippen molar-refractivity contribution in [3.8, 4) is 0 Å². The molecule has 0 N–H and O–H groups in total. The molecule has 6 heteroatoms. The van der Waals surface area contributed by atoms with Crippen LogP contribution in [-0.4, -0.2) is 15.7 Å². The van der Waals surface area contributed by atoms with Gasteiger partial charge in [0.1, 0.15) is 5.82 Å². The van der Waals surface area contributed by atoms with Crippen LogP contribution in [0.2, 0.25) is 5.02 Å². The molecule has 0 aliphatic rings. The molecule has 0 fully saturated rings. The van der Waals surface area contributed by atoms with Gasteiger partial charge in [-0.05, 0) is 30.3 Å². The predicted octanol–water partition coefficient (Wildman–Crippen LogP) is 3.06. The van der Waals surface area contributed by atoms with E-state index in [1.54, 1.807) is 6.07 Å². The van der Waals surface area contributed by atoms with Gasteiger partial charge in [-0.15, -0.1) is 0 Å². The van der Waals surface area contributed by atoms with Crippen molar-refractivity contribution in [3.63, 3.8) is 0 Å². The van der Waals surface area contributed by atoms with Crippen LogP contribution in [0.1, 0.15) is 10.6 Å². The van der Waals surface area contributed by atoms with Gasteiger partial charge in [-0.2, -0.15) is 0 Å². The molecule has 1 unspecified atom stereocenters. The van der Waals surface area contributed by atoms with Crippen LogP contribution < -0.4 is 0 Å². The van der Waals surface area contributed by atoms with Gasteiger partial charge >= 0.3 is 0 Å². The van der Waals surface area contributed by atoms with Gasteiger partial charge in [0.05, 0.1) is 27.8 Å². The Morgan fingerprint density at radius 2 is 2.17 bits per heavy atom. The Bertz CT molecular complexity index is 595. The predicted molar refractivity (Wildman–Crippen MR) is 65.7 cm³/mol. The van der Waals surface area contributed by atoms with Crippen LogP contribution in [0.15, 0.2) is 45.9 Å². The van der Waals surface area contributed by atoms with E-state index < -0.39 is 16.6 Å². The lowest BCUT2D eigenvalue weighted by molar-refractivity contribution is 0.0991. The summed E-state index contributed by atoms with van der Waals surface area (Å²) in [5, 5.41) is -0.119. The van der Waals surface area contributed by atoms with Crippen LogP contribution in [0, 0.1) is 5.82 Å². The average molecular weight is 287 g/mol. The van der Waals surface area contributed by atoms with E-state index in [2.05, 4.69) is 0 Å². The molecule has 0 radical (unpaired) electrons. The molecular weight excluding hydrogens is 279 g/mol. The first-order valence-electron chi connectivity index (χ1n) is 4.98. The smallest absolute Gasteiger partial charge is 0.210 e. The lowest BCUT2D eigenvalue weighted by atomic mass is 10.3. The summed E-state index contributed by atoms with van der Waals surface area (Å²) in [6, 6.07) is 6.78. The second-order valence-corrected chi connectivity index (χ2v) is 5.32. The summed E-state index contributed by atoms with van der Waals surface area (Å²) < 4.78 is 29.7. The molecule has 0 bridgehead atoms. The second kappa shape index (κ2) is 5.46. The van der Waals surface area contributed by atoms with Gasteiger partial charge in [-0.1, -0.05) is 11.6 Å². The van der Waals surface area contributed by atoms with Crippen molar-refractivity contribution in [1.29, 1.82) is 0 Å². The van der Waals surface area contributed by atoms with Crippen LogP contribution in [0.5, 0.6) is 0 Å². The number of hydrogen-bond donors (Lipinski definition) is 0. The molecule has 18 heavy (non-hydrogen) atoms. The Morgan fingerprint density at radius 1 is 1.39 bits per heavy atom. The lowest BCUT2D eigenvalue weighted by Crippen LogP contribution is -2.10. The molecule has 1 aromatic carbocycles. The molecular formula is C12H8ClFO3S. The van der Waals surface area contributed by atoms with E-state index in [4.69, 9.17) is 16.0 Å². The number of halogens is 2. The third-order valence-electron chi connectivity index (χ3n) is 2.21. The number of ketones is 1. The number of hydrogen-bond acceptors (Lipinski definition) is 3. The number of furan rings is 1. The fourth-order valence-corrected chi connectivity index (χ4v) is 2.59. The summed E-state index contributed by atoms with van der Waals surface area (Å²) in [6.07, 6.45) is 1.37. The van der Waals surface area contributed by atoms with E-state index in [0.717, 1.165) is 6.07 Å². The zero-order valence-corrected chi connectivity index (χ0v) is 10.6. The topological polar surface area (TPSA) is 47.3 Å². The highest BCUT2D eigenvalue weighted by atomic mass is 35.5. The van der Waals surface area contributed by atoms with Crippen LogP contribution in [0.3, 0.4) is 0 Å². The van der Waals surface area contributed by atoms with Gasteiger partial charge in [-0.3, -0.25) is 9.00 Å². The number of benzene rings is 1. The SMILES string of the molecule is O=C(CS(=O)c1ccc(F)c(Cl)c1)c1ccco1. The molecule has 3 nitrogen and oxygen atoms in total. The van der Waals surface area contributed by atoms with E-state index in [-0.39, 0.29) is 22.3 Å². The summed E-state index contributed by atoms with van der Waals surface area (Å²) >= 11 is 5.58. The zero-order chi connectivity index (χ0) is 13.1. The van der Waals surface area contributed by atoms with Crippen molar-refractivity contribution in [1.82, 2.24) is 0 Å². The molecule has 0 aliphatic carbocycles. The fraction of sp³-hybridized carbons (Fsp3) is 0.0833. The second-order valence-electron chi connectivity index (χ2n) is 3.47. The van der Waals surface area contributed by atoms with Crippen molar-refractivity contribution in [2.45, 2.75) is 4.90 Å². The molecule has 0 aliphatic heterocycles. The van der Waals surface area contributed by atoms with Gasteiger partial charge in [0.25, 0.3) is 0 Å².